The lowest BCUT2D eigenvalue weighted by molar-refractivity contribution is -0.126. The molecule has 3 atom stereocenters. The van der Waals surface area contributed by atoms with Gasteiger partial charge in [-0.15, -0.1) is 0 Å². The summed E-state index contributed by atoms with van der Waals surface area (Å²) in [5.41, 5.74) is 6.02. The third kappa shape index (κ3) is 4.94. The molecule has 0 bridgehead atoms. The number of carbonyl (C=O) groups excluding carboxylic acids is 1. The van der Waals surface area contributed by atoms with Crippen molar-refractivity contribution in [3.63, 3.8) is 0 Å². The molecule has 4 heteroatoms. The molecule has 1 rings (SSSR count). The van der Waals surface area contributed by atoms with Gasteiger partial charge in [-0.2, -0.15) is 0 Å². The van der Waals surface area contributed by atoms with E-state index in [1.165, 1.54) is 12.8 Å². The number of amides is 1. The van der Waals surface area contributed by atoms with Crippen LogP contribution in [-0.4, -0.2) is 42.5 Å². The molecule has 3 N–H and O–H groups in total. The van der Waals surface area contributed by atoms with Crippen molar-refractivity contribution in [2.24, 2.45) is 11.7 Å². The van der Waals surface area contributed by atoms with Gasteiger partial charge in [0.2, 0.25) is 5.91 Å². The molecule has 1 aliphatic heterocycles. The number of rotatable bonds is 6. The summed E-state index contributed by atoms with van der Waals surface area (Å²) in [6.07, 6.45) is 4.51. The van der Waals surface area contributed by atoms with Crippen molar-refractivity contribution in [3.8, 4) is 0 Å². The number of nitrogens with two attached hydrogens (primary N) is 1. The lowest BCUT2D eigenvalue weighted by Gasteiger charge is -2.37. The van der Waals surface area contributed by atoms with Crippen LogP contribution >= 0.6 is 0 Å². The molecule has 1 amide bonds. The van der Waals surface area contributed by atoms with Gasteiger partial charge in [-0.25, -0.2) is 0 Å². The van der Waals surface area contributed by atoms with Crippen molar-refractivity contribution in [1.29, 1.82) is 0 Å². The van der Waals surface area contributed by atoms with Crippen molar-refractivity contribution >= 4 is 5.91 Å². The average molecular weight is 255 g/mol. The highest BCUT2D eigenvalue weighted by atomic mass is 16.2. The Morgan fingerprint density at radius 1 is 1.44 bits per heavy atom. The van der Waals surface area contributed by atoms with E-state index in [-0.39, 0.29) is 18.0 Å². The Kier molecular flexibility index (Phi) is 6.65. The number of piperidine rings is 1. The van der Waals surface area contributed by atoms with Gasteiger partial charge in [0.15, 0.2) is 0 Å². The minimum Gasteiger partial charge on any atom is -0.355 e. The largest absolute Gasteiger partial charge is 0.355 e. The molecule has 3 unspecified atom stereocenters. The number of unbranched alkanes of at least 4 members (excludes halogenated alkanes) is 2. The van der Waals surface area contributed by atoms with Crippen LogP contribution in [0.25, 0.3) is 0 Å². The summed E-state index contributed by atoms with van der Waals surface area (Å²) in [6.45, 7) is 8.98. The summed E-state index contributed by atoms with van der Waals surface area (Å²) in [5.74, 6) is 0.733. The van der Waals surface area contributed by atoms with Crippen LogP contribution in [0.4, 0.5) is 0 Å². The normalized spacial score (nSPS) is 26.9. The number of hydrogen-bond acceptors (Lipinski definition) is 3. The lowest BCUT2D eigenvalue weighted by Crippen LogP contribution is -2.54. The van der Waals surface area contributed by atoms with Crippen LogP contribution in [0, 0.1) is 5.92 Å². The highest BCUT2D eigenvalue weighted by Crippen LogP contribution is 2.17. The van der Waals surface area contributed by atoms with Gasteiger partial charge in [0.1, 0.15) is 0 Å². The molecule has 106 valence electrons. The molecular weight excluding hydrogens is 226 g/mol. The minimum atomic E-state index is -0.0552. The van der Waals surface area contributed by atoms with E-state index >= 15 is 0 Å². The van der Waals surface area contributed by atoms with Gasteiger partial charge in [0.05, 0.1) is 6.04 Å². The highest BCUT2D eigenvalue weighted by molar-refractivity contribution is 5.81. The van der Waals surface area contributed by atoms with Crippen LogP contribution in [-0.2, 0) is 4.79 Å². The maximum absolute atomic E-state index is 12.0. The molecule has 1 saturated heterocycles. The predicted molar refractivity (Wildman–Crippen MR) is 75.3 cm³/mol. The van der Waals surface area contributed by atoms with Crippen LogP contribution in [0.2, 0.25) is 0 Å². The lowest BCUT2D eigenvalue weighted by atomic mass is 9.95. The summed E-state index contributed by atoms with van der Waals surface area (Å²) >= 11 is 0. The first-order valence-corrected chi connectivity index (χ1v) is 7.32. The Labute approximate surface area is 111 Å². The predicted octanol–water partition coefficient (Wildman–Crippen LogP) is 1.35. The van der Waals surface area contributed by atoms with E-state index in [1.54, 1.807) is 0 Å². The Bertz CT molecular complexity index is 247. The summed E-state index contributed by atoms with van der Waals surface area (Å²) in [5, 5.41) is 3.02. The molecule has 0 aromatic heterocycles. The summed E-state index contributed by atoms with van der Waals surface area (Å²) in [7, 11) is 0. The zero-order chi connectivity index (χ0) is 13.5. The molecule has 1 fully saturated rings. The van der Waals surface area contributed by atoms with Crippen molar-refractivity contribution in [2.45, 2.75) is 58.5 Å². The van der Waals surface area contributed by atoms with Gasteiger partial charge in [-0.3, -0.25) is 9.69 Å². The van der Waals surface area contributed by atoms with Crippen LogP contribution in [0.1, 0.15) is 46.5 Å². The van der Waals surface area contributed by atoms with E-state index in [1.807, 2.05) is 6.92 Å². The number of nitrogens with one attached hydrogen (secondary N) is 1. The molecule has 4 nitrogen and oxygen atoms in total. The topological polar surface area (TPSA) is 58.4 Å². The zero-order valence-corrected chi connectivity index (χ0v) is 12.1. The molecule has 0 radical (unpaired) electrons. The molecule has 0 saturated carbocycles. The van der Waals surface area contributed by atoms with Crippen LogP contribution in [0.5, 0.6) is 0 Å². The fourth-order valence-corrected chi connectivity index (χ4v) is 2.66. The quantitative estimate of drug-likeness (QED) is 0.704. The Balaban J connectivity index is 2.33. The van der Waals surface area contributed by atoms with E-state index in [2.05, 4.69) is 24.1 Å². The first kappa shape index (κ1) is 15.4. The monoisotopic (exact) mass is 255 g/mol. The first-order chi connectivity index (χ1) is 8.54. The van der Waals surface area contributed by atoms with Gasteiger partial charge in [-0.05, 0) is 25.7 Å². The third-order valence-corrected chi connectivity index (χ3v) is 3.73. The van der Waals surface area contributed by atoms with E-state index < -0.39 is 0 Å². The third-order valence-electron chi connectivity index (χ3n) is 3.73. The summed E-state index contributed by atoms with van der Waals surface area (Å²) < 4.78 is 0. The molecule has 0 spiro atoms. The second-order valence-electron chi connectivity index (χ2n) is 5.73. The van der Waals surface area contributed by atoms with Crippen molar-refractivity contribution in [1.82, 2.24) is 10.2 Å². The van der Waals surface area contributed by atoms with Gasteiger partial charge in [0.25, 0.3) is 0 Å². The van der Waals surface area contributed by atoms with Gasteiger partial charge in [-0.1, -0.05) is 26.7 Å². The molecule has 18 heavy (non-hydrogen) atoms. The Morgan fingerprint density at radius 3 is 2.78 bits per heavy atom. The van der Waals surface area contributed by atoms with E-state index in [9.17, 15) is 4.79 Å². The van der Waals surface area contributed by atoms with Crippen LogP contribution in [0.3, 0.4) is 0 Å². The SMILES string of the molecule is CCCCCNC(=O)C(C)N1CC(C)CC(N)C1. The van der Waals surface area contributed by atoms with Crippen molar-refractivity contribution < 1.29 is 4.79 Å². The maximum Gasteiger partial charge on any atom is 0.237 e. The number of nitrogens with zero attached hydrogens (tertiary/aromatic N) is 1. The number of likely N-dealkylation sites (tertiary alicyclic amines) is 1. The molecule has 0 aromatic carbocycles. The molecular formula is C14H29N3O. The summed E-state index contributed by atoms with van der Waals surface area (Å²) in [4.78, 5) is 14.2. The molecule has 0 aliphatic carbocycles. The Hall–Kier alpha value is -0.610. The minimum absolute atomic E-state index is 0.0552. The van der Waals surface area contributed by atoms with Crippen molar-refractivity contribution in [3.05, 3.63) is 0 Å². The molecule has 0 aromatic rings. The van der Waals surface area contributed by atoms with E-state index in [0.29, 0.717) is 5.92 Å². The first-order valence-electron chi connectivity index (χ1n) is 7.32. The smallest absolute Gasteiger partial charge is 0.237 e. The van der Waals surface area contributed by atoms with Gasteiger partial charge in [0, 0.05) is 25.7 Å². The van der Waals surface area contributed by atoms with Crippen LogP contribution < -0.4 is 11.1 Å². The van der Waals surface area contributed by atoms with Gasteiger partial charge < -0.3 is 11.1 Å². The van der Waals surface area contributed by atoms with E-state index in [0.717, 1.165) is 32.5 Å². The summed E-state index contributed by atoms with van der Waals surface area (Å²) in [6, 6.07) is 0.157. The second-order valence-corrected chi connectivity index (χ2v) is 5.73. The molecule has 1 aliphatic rings. The molecule has 1 heterocycles. The Morgan fingerprint density at radius 2 is 2.17 bits per heavy atom. The number of carbonyl (C=O) groups is 1. The van der Waals surface area contributed by atoms with Gasteiger partial charge >= 0.3 is 0 Å². The standard InChI is InChI=1S/C14H29N3O/c1-4-5-6-7-16-14(18)12(3)17-9-11(2)8-13(15)10-17/h11-13H,4-10,15H2,1-3H3,(H,16,18). The highest BCUT2D eigenvalue weighted by Gasteiger charge is 2.28. The maximum atomic E-state index is 12.0. The fraction of sp³-hybridized carbons (Fsp3) is 0.929. The van der Waals surface area contributed by atoms with E-state index in [4.69, 9.17) is 5.73 Å². The van der Waals surface area contributed by atoms with Crippen molar-refractivity contribution in [2.75, 3.05) is 19.6 Å². The number of hydrogen-bond donors (Lipinski definition) is 2. The fourth-order valence-electron chi connectivity index (χ4n) is 2.66. The average Bonchev–Trinajstić information content (AvgIpc) is 2.32. The zero-order valence-electron chi connectivity index (χ0n) is 12.1. The van der Waals surface area contributed by atoms with Crippen LogP contribution in [0.15, 0.2) is 0 Å². The second kappa shape index (κ2) is 7.74.